The molecule has 0 unspecified atom stereocenters. The van der Waals surface area contributed by atoms with Crippen molar-refractivity contribution in [2.24, 2.45) is 0 Å². The maximum absolute atomic E-state index is 10.9. The summed E-state index contributed by atoms with van der Waals surface area (Å²) in [5, 5.41) is 9.57. The van der Waals surface area contributed by atoms with Gasteiger partial charge in [-0.1, -0.05) is 17.7 Å². The van der Waals surface area contributed by atoms with Gasteiger partial charge in [0, 0.05) is 36.2 Å². The van der Waals surface area contributed by atoms with Gasteiger partial charge in [-0.2, -0.15) is 0 Å². The highest BCUT2D eigenvalue weighted by Crippen LogP contribution is 2.19. The van der Waals surface area contributed by atoms with Crippen molar-refractivity contribution in [3.63, 3.8) is 0 Å². The molecule has 2 aromatic rings. The van der Waals surface area contributed by atoms with E-state index >= 15 is 0 Å². The first-order chi connectivity index (χ1) is 9.15. The van der Waals surface area contributed by atoms with E-state index in [1.807, 2.05) is 22.9 Å². The molecule has 0 aliphatic carbocycles. The summed E-state index contributed by atoms with van der Waals surface area (Å²) in [5.41, 5.74) is 0.801. The first-order valence-electron chi connectivity index (χ1n) is 5.83. The molecule has 0 atom stereocenters. The van der Waals surface area contributed by atoms with E-state index in [2.05, 4.69) is 4.98 Å². The Hall–Kier alpha value is -2.01. The summed E-state index contributed by atoms with van der Waals surface area (Å²) in [6.07, 6.45) is 5.24. The summed E-state index contributed by atoms with van der Waals surface area (Å²) in [7, 11) is 0. The highest BCUT2D eigenvalue weighted by Gasteiger charge is 2.11. The third-order valence-electron chi connectivity index (χ3n) is 2.69. The number of anilines is 1. The molecule has 0 saturated heterocycles. The predicted octanol–water partition coefficient (Wildman–Crippen LogP) is 2.13. The number of benzene rings is 1. The molecule has 100 valence electrons. The van der Waals surface area contributed by atoms with E-state index in [9.17, 15) is 4.79 Å². The minimum absolute atomic E-state index is 0.0605. The number of hydrogen-bond donors (Lipinski definition) is 1. The number of carbonyl (C=O) groups is 1. The van der Waals surface area contributed by atoms with Gasteiger partial charge in [0.2, 0.25) is 0 Å². The van der Waals surface area contributed by atoms with Gasteiger partial charge in [0.05, 0.1) is 6.33 Å². The fourth-order valence-electron chi connectivity index (χ4n) is 1.79. The fraction of sp³-hybridized carbons (Fsp3) is 0.231. The van der Waals surface area contributed by atoms with Crippen LogP contribution in [0.3, 0.4) is 0 Å². The highest BCUT2D eigenvalue weighted by molar-refractivity contribution is 6.30. The van der Waals surface area contributed by atoms with Crippen LogP contribution in [0.5, 0.6) is 0 Å². The molecular formula is C13H14ClN3O2. The Morgan fingerprint density at radius 2 is 2.32 bits per heavy atom. The van der Waals surface area contributed by atoms with Gasteiger partial charge in [0.25, 0.3) is 0 Å². The molecule has 1 heterocycles. The van der Waals surface area contributed by atoms with Gasteiger partial charge in [0.15, 0.2) is 0 Å². The number of rotatable bonds is 6. The molecule has 0 amide bonds. The zero-order valence-electron chi connectivity index (χ0n) is 10.2. The number of hydrogen-bond acceptors (Lipinski definition) is 3. The number of imidazole rings is 1. The van der Waals surface area contributed by atoms with Crippen LogP contribution < -0.4 is 4.90 Å². The standard InChI is InChI=1S/C13H14ClN3O2/c14-11-2-1-3-12(8-11)17(9-13(18)19)7-6-16-5-4-15-10-16/h1-5,8,10H,6-7,9H2,(H,18,19). The summed E-state index contributed by atoms with van der Waals surface area (Å²) < 4.78 is 1.90. The summed E-state index contributed by atoms with van der Waals surface area (Å²) in [5.74, 6) is -0.870. The molecular weight excluding hydrogens is 266 g/mol. The number of halogens is 1. The summed E-state index contributed by atoms with van der Waals surface area (Å²) in [4.78, 5) is 16.7. The monoisotopic (exact) mass is 279 g/mol. The van der Waals surface area contributed by atoms with Gasteiger partial charge < -0.3 is 14.6 Å². The first-order valence-corrected chi connectivity index (χ1v) is 6.21. The Balaban J connectivity index is 2.09. The van der Waals surface area contributed by atoms with Gasteiger partial charge in [0.1, 0.15) is 6.54 Å². The van der Waals surface area contributed by atoms with E-state index in [1.54, 1.807) is 29.6 Å². The molecule has 2 rings (SSSR count). The minimum Gasteiger partial charge on any atom is -0.480 e. The van der Waals surface area contributed by atoms with Crippen molar-refractivity contribution in [2.75, 3.05) is 18.0 Å². The van der Waals surface area contributed by atoms with Crippen molar-refractivity contribution in [3.8, 4) is 0 Å². The quantitative estimate of drug-likeness (QED) is 0.880. The Bertz CT molecular complexity index is 543. The van der Waals surface area contributed by atoms with Crippen molar-refractivity contribution in [1.29, 1.82) is 0 Å². The normalized spacial score (nSPS) is 10.4. The largest absolute Gasteiger partial charge is 0.480 e. The van der Waals surface area contributed by atoms with E-state index in [0.29, 0.717) is 18.1 Å². The smallest absolute Gasteiger partial charge is 0.323 e. The summed E-state index contributed by atoms with van der Waals surface area (Å²) >= 11 is 5.94. The molecule has 1 aromatic carbocycles. The van der Waals surface area contributed by atoms with Crippen LogP contribution in [0, 0.1) is 0 Å². The number of aromatic nitrogens is 2. The van der Waals surface area contributed by atoms with Crippen LogP contribution in [0.15, 0.2) is 43.0 Å². The van der Waals surface area contributed by atoms with Crippen LogP contribution in [0.1, 0.15) is 0 Å². The zero-order valence-corrected chi connectivity index (χ0v) is 11.0. The van der Waals surface area contributed by atoms with E-state index in [-0.39, 0.29) is 6.54 Å². The Kier molecular flexibility index (Phi) is 4.41. The second kappa shape index (κ2) is 6.24. The van der Waals surface area contributed by atoms with Crippen molar-refractivity contribution in [2.45, 2.75) is 6.54 Å². The Labute approximate surface area is 116 Å². The maximum Gasteiger partial charge on any atom is 0.323 e. The van der Waals surface area contributed by atoms with Gasteiger partial charge in [-0.15, -0.1) is 0 Å². The van der Waals surface area contributed by atoms with Crippen LogP contribution in [0.25, 0.3) is 0 Å². The molecule has 0 radical (unpaired) electrons. The second-order valence-corrected chi connectivity index (χ2v) is 4.53. The number of carboxylic acids is 1. The molecule has 1 N–H and O–H groups in total. The molecule has 0 spiro atoms. The van der Waals surface area contributed by atoms with Crippen molar-refractivity contribution >= 4 is 23.3 Å². The van der Waals surface area contributed by atoms with E-state index < -0.39 is 5.97 Å². The Morgan fingerprint density at radius 3 is 2.95 bits per heavy atom. The van der Waals surface area contributed by atoms with Crippen molar-refractivity contribution in [3.05, 3.63) is 48.0 Å². The SMILES string of the molecule is O=C(O)CN(CCn1ccnc1)c1cccc(Cl)c1. The van der Waals surface area contributed by atoms with Crippen molar-refractivity contribution in [1.82, 2.24) is 9.55 Å². The first kappa shape index (κ1) is 13.4. The van der Waals surface area contributed by atoms with Crippen LogP contribution >= 0.6 is 11.6 Å². The van der Waals surface area contributed by atoms with Crippen LogP contribution in [-0.2, 0) is 11.3 Å². The van der Waals surface area contributed by atoms with Crippen molar-refractivity contribution < 1.29 is 9.90 Å². The molecule has 0 aliphatic heterocycles. The van der Waals surface area contributed by atoms with Gasteiger partial charge in [-0.25, -0.2) is 4.98 Å². The topological polar surface area (TPSA) is 58.4 Å². The predicted molar refractivity (Wildman–Crippen MR) is 73.5 cm³/mol. The van der Waals surface area contributed by atoms with Gasteiger partial charge in [-0.3, -0.25) is 4.79 Å². The minimum atomic E-state index is -0.870. The average molecular weight is 280 g/mol. The molecule has 0 aliphatic rings. The lowest BCUT2D eigenvalue weighted by Gasteiger charge is -2.23. The molecule has 0 bridgehead atoms. The number of aliphatic carboxylic acids is 1. The van der Waals surface area contributed by atoms with Gasteiger partial charge >= 0.3 is 5.97 Å². The lowest BCUT2D eigenvalue weighted by Crippen LogP contribution is -2.32. The van der Waals surface area contributed by atoms with Crippen LogP contribution in [0.2, 0.25) is 5.02 Å². The third-order valence-corrected chi connectivity index (χ3v) is 2.92. The molecule has 19 heavy (non-hydrogen) atoms. The molecule has 0 saturated carbocycles. The maximum atomic E-state index is 10.9. The number of carboxylic acid groups (broad SMARTS) is 1. The lowest BCUT2D eigenvalue weighted by atomic mass is 10.3. The molecule has 6 heteroatoms. The van der Waals surface area contributed by atoms with Crippen LogP contribution in [-0.4, -0.2) is 33.7 Å². The summed E-state index contributed by atoms with van der Waals surface area (Å²) in [6, 6.07) is 7.19. The van der Waals surface area contributed by atoms with Crippen LogP contribution in [0.4, 0.5) is 5.69 Å². The zero-order chi connectivity index (χ0) is 13.7. The van der Waals surface area contributed by atoms with E-state index in [1.165, 1.54) is 0 Å². The lowest BCUT2D eigenvalue weighted by molar-refractivity contribution is -0.135. The summed E-state index contributed by atoms with van der Waals surface area (Å²) in [6.45, 7) is 1.18. The third kappa shape index (κ3) is 3.99. The average Bonchev–Trinajstić information content (AvgIpc) is 2.87. The Morgan fingerprint density at radius 1 is 1.47 bits per heavy atom. The molecule has 5 nitrogen and oxygen atoms in total. The number of nitrogens with zero attached hydrogens (tertiary/aromatic N) is 3. The van der Waals surface area contributed by atoms with E-state index in [4.69, 9.17) is 16.7 Å². The van der Waals surface area contributed by atoms with E-state index in [0.717, 1.165) is 5.69 Å². The molecule has 1 aromatic heterocycles. The second-order valence-electron chi connectivity index (χ2n) is 4.10. The fourth-order valence-corrected chi connectivity index (χ4v) is 1.98. The van der Waals surface area contributed by atoms with Gasteiger partial charge in [-0.05, 0) is 18.2 Å². The molecule has 0 fully saturated rings. The highest BCUT2D eigenvalue weighted by atomic mass is 35.5.